The van der Waals surface area contributed by atoms with E-state index in [9.17, 15) is 19.8 Å². The maximum Gasteiger partial charge on any atom is 0.377 e. The fourth-order valence-electron chi connectivity index (χ4n) is 3.08. The third kappa shape index (κ3) is 6.90. The zero-order valence-corrected chi connectivity index (χ0v) is 15.4. The predicted molar refractivity (Wildman–Crippen MR) is 92.5 cm³/mol. The minimum Gasteiger partial charge on any atom is -0.476 e. The lowest BCUT2D eigenvalue weighted by atomic mass is 9.88. The number of hydrogen-bond acceptors (Lipinski definition) is 2. The molecule has 136 valence electrons. The summed E-state index contributed by atoms with van der Waals surface area (Å²) in [6, 6.07) is 0. The van der Waals surface area contributed by atoms with Crippen LogP contribution < -0.4 is 0 Å². The van der Waals surface area contributed by atoms with Crippen molar-refractivity contribution in [2.24, 2.45) is 0 Å². The third-order valence-electron chi connectivity index (χ3n) is 4.74. The molecule has 0 unspecified atom stereocenters. The van der Waals surface area contributed by atoms with Crippen LogP contribution in [0.15, 0.2) is 0 Å². The van der Waals surface area contributed by atoms with E-state index in [1.54, 1.807) is 21.1 Å². The van der Waals surface area contributed by atoms with Crippen LogP contribution in [-0.4, -0.2) is 53.3 Å². The highest BCUT2D eigenvalue weighted by Gasteiger charge is 2.57. The van der Waals surface area contributed by atoms with Crippen LogP contribution in [0.2, 0.25) is 0 Å². The lowest BCUT2D eigenvalue weighted by Gasteiger charge is -2.39. The van der Waals surface area contributed by atoms with Crippen molar-refractivity contribution in [3.05, 3.63) is 0 Å². The smallest absolute Gasteiger partial charge is 0.377 e. The number of quaternary nitrogens is 1. The Morgan fingerprint density at radius 1 is 0.739 bits per heavy atom. The summed E-state index contributed by atoms with van der Waals surface area (Å²) < 4.78 is -0.102. The second-order valence-corrected chi connectivity index (χ2v) is 7.42. The lowest BCUT2D eigenvalue weighted by Crippen LogP contribution is -2.66. The van der Waals surface area contributed by atoms with Gasteiger partial charge in [-0.15, -0.1) is 0 Å². The van der Waals surface area contributed by atoms with Gasteiger partial charge >= 0.3 is 11.9 Å². The summed E-state index contributed by atoms with van der Waals surface area (Å²) in [5.74, 6) is -2.48. The van der Waals surface area contributed by atoms with E-state index in [0.29, 0.717) is 6.42 Å². The van der Waals surface area contributed by atoms with Gasteiger partial charge in [0.15, 0.2) is 0 Å². The Morgan fingerprint density at radius 3 is 1.39 bits per heavy atom. The zero-order chi connectivity index (χ0) is 17.9. The summed E-state index contributed by atoms with van der Waals surface area (Å²) in [4.78, 5) is 23.2. The molecule has 0 fully saturated rings. The zero-order valence-electron chi connectivity index (χ0n) is 15.4. The molecule has 0 aromatic carbocycles. The highest BCUT2D eigenvalue weighted by atomic mass is 16.4. The van der Waals surface area contributed by atoms with Gasteiger partial charge in [0, 0.05) is 6.42 Å². The molecule has 0 spiro atoms. The van der Waals surface area contributed by atoms with Gasteiger partial charge in [-0.05, 0) is 6.42 Å². The van der Waals surface area contributed by atoms with Crippen molar-refractivity contribution in [3.8, 4) is 0 Å². The van der Waals surface area contributed by atoms with Crippen molar-refractivity contribution in [1.82, 2.24) is 0 Å². The number of carbonyl (C=O) groups is 2. The van der Waals surface area contributed by atoms with E-state index in [1.807, 2.05) is 0 Å². The molecule has 23 heavy (non-hydrogen) atoms. The van der Waals surface area contributed by atoms with Gasteiger partial charge in [0.1, 0.15) is 0 Å². The van der Waals surface area contributed by atoms with Crippen LogP contribution in [0, 0.1) is 0 Å². The molecule has 0 heterocycles. The predicted octanol–water partition coefficient (Wildman–Crippen LogP) is 3.91. The van der Waals surface area contributed by atoms with E-state index in [1.165, 1.54) is 38.5 Å². The van der Waals surface area contributed by atoms with Crippen LogP contribution in [-0.2, 0) is 9.59 Å². The molecule has 0 amide bonds. The largest absolute Gasteiger partial charge is 0.476 e. The molecule has 0 rings (SSSR count). The van der Waals surface area contributed by atoms with E-state index in [0.717, 1.165) is 19.3 Å². The van der Waals surface area contributed by atoms with E-state index in [4.69, 9.17) is 0 Å². The number of rotatable bonds is 14. The second kappa shape index (κ2) is 10.6. The number of likely N-dealkylation sites (N-methyl/N-ethyl adjacent to an activating group) is 1. The Bertz CT molecular complexity index is 347. The van der Waals surface area contributed by atoms with E-state index >= 15 is 0 Å². The van der Waals surface area contributed by atoms with Gasteiger partial charge in [-0.25, -0.2) is 9.59 Å². The molecule has 0 aliphatic heterocycles. The van der Waals surface area contributed by atoms with E-state index in [2.05, 4.69) is 6.92 Å². The molecule has 0 saturated carbocycles. The molecule has 5 nitrogen and oxygen atoms in total. The minimum atomic E-state index is -1.75. The molecular weight excluding hydrogens is 294 g/mol. The molecule has 0 aromatic heterocycles. The first-order valence-electron chi connectivity index (χ1n) is 8.98. The molecule has 0 aliphatic carbocycles. The molecule has 0 aliphatic rings. The molecule has 0 atom stereocenters. The maximum absolute atomic E-state index is 11.6. The summed E-state index contributed by atoms with van der Waals surface area (Å²) in [5.41, 5.74) is -1.75. The van der Waals surface area contributed by atoms with Crippen LogP contribution in [0.4, 0.5) is 0 Å². The van der Waals surface area contributed by atoms with Crippen molar-refractivity contribution < 1.29 is 24.3 Å². The number of carboxylic acids is 2. The quantitative estimate of drug-likeness (QED) is 0.288. The highest BCUT2D eigenvalue weighted by molar-refractivity contribution is 6.01. The van der Waals surface area contributed by atoms with Crippen LogP contribution in [0.3, 0.4) is 0 Å². The summed E-state index contributed by atoms with van der Waals surface area (Å²) in [5, 5.41) is 19.0. The van der Waals surface area contributed by atoms with Gasteiger partial charge in [0.2, 0.25) is 0 Å². The van der Waals surface area contributed by atoms with Crippen molar-refractivity contribution in [2.75, 3.05) is 21.1 Å². The fraction of sp³-hybridized carbons (Fsp3) is 0.889. The van der Waals surface area contributed by atoms with E-state index in [-0.39, 0.29) is 10.9 Å². The average molecular weight is 330 g/mol. The summed E-state index contributed by atoms with van der Waals surface area (Å²) >= 11 is 0. The van der Waals surface area contributed by atoms with Gasteiger partial charge in [-0.3, -0.25) is 0 Å². The van der Waals surface area contributed by atoms with Crippen molar-refractivity contribution in [1.29, 1.82) is 0 Å². The average Bonchev–Trinajstić information content (AvgIpc) is 2.42. The van der Waals surface area contributed by atoms with Crippen molar-refractivity contribution >= 4 is 11.9 Å². The number of aliphatic carboxylic acids is 2. The second-order valence-electron chi connectivity index (χ2n) is 7.42. The first-order chi connectivity index (χ1) is 10.7. The number of nitrogens with zero attached hydrogens (tertiary/aromatic N) is 1. The Morgan fingerprint density at radius 2 is 1.09 bits per heavy atom. The van der Waals surface area contributed by atoms with Gasteiger partial charge in [0.25, 0.3) is 5.54 Å². The summed E-state index contributed by atoms with van der Waals surface area (Å²) in [6.45, 7) is 2.21. The van der Waals surface area contributed by atoms with E-state index < -0.39 is 17.5 Å². The lowest BCUT2D eigenvalue weighted by molar-refractivity contribution is -0.904. The Labute approximate surface area is 141 Å². The van der Waals surface area contributed by atoms with Crippen LogP contribution >= 0.6 is 0 Å². The Kier molecular flexibility index (Phi) is 10.1. The Balaban J connectivity index is 4.12. The summed E-state index contributed by atoms with van der Waals surface area (Å²) in [6.07, 6.45) is 11.6. The molecule has 0 bridgehead atoms. The van der Waals surface area contributed by atoms with Crippen molar-refractivity contribution in [3.63, 3.8) is 0 Å². The van der Waals surface area contributed by atoms with Gasteiger partial charge in [-0.2, -0.15) is 0 Å². The van der Waals surface area contributed by atoms with Gasteiger partial charge < -0.3 is 14.7 Å². The molecule has 5 heteroatoms. The number of carboxylic acid groups (broad SMARTS) is 2. The van der Waals surface area contributed by atoms with Gasteiger partial charge in [-0.1, -0.05) is 64.7 Å². The topological polar surface area (TPSA) is 74.6 Å². The van der Waals surface area contributed by atoms with Crippen LogP contribution in [0.1, 0.15) is 77.6 Å². The van der Waals surface area contributed by atoms with Gasteiger partial charge in [0.05, 0.1) is 21.1 Å². The molecular formula is C18H36NO4+. The Hall–Kier alpha value is -1.10. The van der Waals surface area contributed by atoms with Crippen LogP contribution in [0.25, 0.3) is 0 Å². The normalized spacial score (nSPS) is 12.3. The molecule has 2 N–H and O–H groups in total. The minimum absolute atomic E-state index is 0.102. The summed E-state index contributed by atoms with van der Waals surface area (Å²) in [7, 11) is 4.91. The molecule has 0 radical (unpaired) electrons. The first kappa shape index (κ1) is 21.9. The first-order valence-corrected chi connectivity index (χ1v) is 8.98. The SMILES string of the molecule is CCCCCCCCCCCCC(C(=O)O)(C(=O)O)[N+](C)(C)C. The van der Waals surface area contributed by atoms with Crippen molar-refractivity contribution in [2.45, 2.75) is 83.1 Å². The standard InChI is InChI=1S/C18H35NO4/c1-5-6-7-8-9-10-11-12-13-14-15-18(16(20)21,17(22)23)19(2,3)4/h5-15H2,1-4H3,(H-,20,21,22,23)/p+1. The number of hydrogen-bond donors (Lipinski definition) is 2. The number of unbranched alkanes of at least 4 members (excludes halogenated alkanes) is 9. The maximum atomic E-state index is 11.6. The van der Waals surface area contributed by atoms with Crippen LogP contribution in [0.5, 0.6) is 0 Å². The third-order valence-corrected chi connectivity index (χ3v) is 4.74. The molecule has 0 saturated heterocycles. The molecule has 0 aromatic rings. The highest BCUT2D eigenvalue weighted by Crippen LogP contribution is 2.27. The fourth-order valence-corrected chi connectivity index (χ4v) is 3.08. The monoisotopic (exact) mass is 330 g/mol.